The first-order valence-electron chi connectivity index (χ1n) is 5.80. The summed E-state index contributed by atoms with van der Waals surface area (Å²) in [5.41, 5.74) is 2.32. The Morgan fingerprint density at radius 3 is 2.40 bits per heavy atom. The summed E-state index contributed by atoms with van der Waals surface area (Å²) >= 11 is 0. The highest BCUT2D eigenvalue weighted by Gasteiger charge is 2.31. The van der Waals surface area contributed by atoms with Gasteiger partial charge in [-0.1, -0.05) is 29.8 Å². The Balaban J connectivity index is 2.48. The molecule has 0 aromatic heterocycles. The molecule has 0 saturated carbocycles. The van der Waals surface area contributed by atoms with Gasteiger partial charge in [0.25, 0.3) is 0 Å². The molecular formula is C15H11F3O2. The lowest BCUT2D eigenvalue weighted by molar-refractivity contribution is -0.274. The van der Waals surface area contributed by atoms with E-state index < -0.39 is 12.1 Å². The quantitative estimate of drug-likeness (QED) is 0.780. The van der Waals surface area contributed by atoms with Gasteiger partial charge in [0.15, 0.2) is 0 Å². The third-order valence-electron chi connectivity index (χ3n) is 2.65. The normalized spacial score (nSPS) is 11.2. The lowest BCUT2D eigenvalue weighted by Gasteiger charge is -2.11. The van der Waals surface area contributed by atoms with Crippen LogP contribution in [0.3, 0.4) is 0 Å². The van der Waals surface area contributed by atoms with E-state index >= 15 is 0 Å². The van der Waals surface area contributed by atoms with Crippen molar-refractivity contribution in [1.82, 2.24) is 0 Å². The van der Waals surface area contributed by atoms with Crippen molar-refractivity contribution in [1.29, 1.82) is 0 Å². The van der Waals surface area contributed by atoms with Gasteiger partial charge in [-0.3, -0.25) is 4.79 Å². The number of benzene rings is 2. The molecule has 0 radical (unpaired) electrons. The smallest absolute Gasteiger partial charge is 0.406 e. The topological polar surface area (TPSA) is 26.3 Å². The number of alkyl halides is 3. The fraction of sp³-hybridized carbons (Fsp3) is 0.133. The summed E-state index contributed by atoms with van der Waals surface area (Å²) in [5, 5.41) is 0. The molecule has 0 saturated heterocycles. The summed E-state index contributed by atoms with van der Waals surface area (Å²) in [6.07, 6.45) is -4.30. The molecule has 0 fully saturated rings. The second kappa shape index (κ2) is 5.36. The van der Waals surface area contributed by atoms with Crippen LogP contribution in [-0.4, -0.2) is 12.6 Å². The minimum absolute atomic E-state index is 0.128. The van der Waals surface area contributed by atoms with Crippen molar-refractivity contribution < 1.29 is 22.7 Å². The van der Waals surface area contributed by atoms with Gasteiger partial charge in [-0.15, -0.1) is 13.2 Å². The average molecular weight is 280 g/mol. The van der Waals surface area contributed by atoms with Crippen molar-refractivity contribution in [3.63, 3.8) is 0 Å². The van der Waals surface area contributed by atoms with E-state index in [2.05, 4.69) is 4.74 Å². The molecule has 0 aliphatic heterocycles. The lowest BCUT2D eigenvalue weighted by atomic mass is 10.0. The number of carbonyl (C=O) groups is 1. The van der Waals surface area contributed by atoms with Crippen LogP contribution in [0.4, 0.5) is 13.2 Å². The molecular weight excluding hydrogens is 269 g/mol. The van der Waals surface area contributed by atoms with Gasteiger partial charge in [-0.25, -0.2) is 0 Å². The van der Waals surface area contributed by atoms with E-state index in [4.69, 9.17) is 0 Å². The van der Waals surface area contributed by atoms with Crippen LogP contribution in [0, 0.1) is 6.92 Å². The van der Waals surface area contributed by atoms with Crippen LogP contribution in [0.25, 0.3) is 11.1 Å². The van der Waals surface area contributed by atoms with Crippen LogP contribution in [0.15, 0.2) is 42.5 Å². The monoisotopic (exact) mass is 280 g/mol. The van der Waals surface area contributed by atoms with Gasteiger partial charge in [0.2, 0.25) is 0 Å². The minimum Gasteiger partial charge on any atom is -0.406 e. The van der Waals surface area contributed by atoms with E-state index in [0.717, 1.165) is 17.2 Å². The third kappa shape index (κ3) is 3.60. The van der Waals surface area contributed by atoms with Crippen molar-refractivity contribution in [3.05, 3.63) is 53.6 Å². The lowest BCUT2D eigenvalue weighted by Crippen LogP contribution is -2.17. The van der Waals surface area contributed by atoms with Gasteiger partial charge in [0, 0.05) is 5.56 Å². The van der Waals surface area contributed by atoms with Crippen LogP contribution < -0.4 is 4.74 Å². The summed E-state index contributed by atoms with van der Waals surface area (Å²) in [6.45, 7) is 1.88. The Bertz CT molecular complexity index is 633. The van der Waals surface area contributed by atoms with E-state index in [9.17, 15) is 18.0 Å². The Kier molecular flexibility index (Phi) is 3.79. The summed E-state index contributed by atoms with van der Waals surface area (Å²) in [5.74, 6) is -0.404. The van der Waals surface area contributed by atoms with Crippen molar-refractivity contribution >= 4 is 6.29 Å². The second-order valence-corrected chi connectivity index (χ2v) is 4.33. The van der Waals surface area contributed by atoms with Crippen LogP contribution in [0.1, 0.15) is 15.9 Å². The van der Waals surface area contributed by atoms with E-state index in [1.165, 1.54) is 12.1 Å². The zero-order valence-corrected chi connectivity index (χ0v) is 10.6. The van der Waals surface area contributed by atoms with Crippen molar-refractivity contribution in [2.75, 3.05) is 0 Å². The SMILES string of the molecule is Cc1cccc(-c2cc(C=O)cc(OC(F)(F)F)c2)c1. The Labute approximate surface area is 113 Å². The molecule has 2 aromatic carbocycles. The van der Waals surface area contributed by atoms with Crippen LogP contribution in [0.5, 0.6) is 5.75 Å². The second-order valence-electron chi connectivity index (χ2n) is 4.33. The number of halogens is 3. The third-order valence-corrected chi connectivity index (χ3v) is 2.65. The standard InChI is InChI=1S/C15H11F3O2/c1-10-3-2-4-12(5-10)13-6-11(9-19)7-14(8-13)20-15(16,17)18/h2-9H,1H3. The Morgan fingerprint density at radius 2 is 1.80 bits per heavy atom. The molecule has 0 unspecified atom stereocenters. The van der Waals surface area contributed by atoms with E-state index in [-0.39, 0.29) is 5.56 Å². The minimum atomic E-state index is -4.79. The van der Waals surface area contributed by atoms with Gasteiger partial charge < -0.3 is 4.74 Å². The number of ether oxygens (including phenoxy) is 1. The molecule has 104 valence electrons. The predicted octanol–water partition coefficient (Wildman–Crippen LogP) is 4.37. The van der Waals surface area contributed by atoms with E-state index in [0.29, 0.717) is 11.8 Å². The Morgan fingerprint density at radius 1 is 1.05 bits per heavy atom. The van der Waals surface area contributed by atoms with Gasteiger partial charge >= 0.3 is 6.36 Å². The maximum atomic E-state index is 12.3. The van der Waals surface area contributed by atoms with Crippen molar-refractivity contribution in [2.45, 2.75) is 13.3 Å². The predicted molar refractivity (Wildman–Crippen MR) is 68.7 cm³/mol. The first-order chi connectivity index (χ1) is 9.37. The molecule has 2 nitrogen and oxygen atoms in total. The van der Waals surface area contributed by atoms with Crippen LogP contribution >= 0.6 is 0 Å². The molecule has 0 amide bonds. The molecule has 0 aliphatic carbocycles. The van der Waals surface area contributed by atoms with Gasteiger partial charge in [0.1, 0.15) is 12.0 Å². The van der Waals surface area contributed by atoms with Crippen molar-refractivity contribution in [2.24, 2.45) is 0 Å². The molecule has 2 aromatic rings. The van der Waals surface area contributed by atoms with Gasteiger partial charge in [0.05, 0.1) is 0 Å². The number of aryl methyl sites for hydroxylation is 1. The summed E-state index contributed by atoms with van der Waals surface area (Å²) in [6, 6.07) is 11.1. The molecule has 0 N–H and O–H groups in total. The van der Waals surface area contributed by atoms with E-state index in [1.807, 2.05) is 19.1 Å². The summed E-state index contributed by atoms with van der Waals surface area (Å²) < 4.78 is 40.7. The molecule has 2 rings (SSSR count). The molecule has 0 spiro atoms. The number of rotatable bonds is 3. The zero-order chi connectivity index (χ0) is 14.8. The molecule has 0 bridgehead atoms. The molecule has 20 heavy (non-hydrogen) atoms. The Hall–Kier alpha value is -2.30. The molecule has 0 heterocycles. The number of aldehydes is 1. The maximum Gasteiger partial charge on any atom is 0.573 e. The first kappa shape index (κ1) is 14.1. The fourth-order valence-corrected chi connectivity index (χ4v) is 1.87. The number of carbonyl (C=O) groups excluding carboxylic acids is 1. The van der Waals surface area contributed by atoms with Crippen LogP contribution in [-0.2, 0) is 0 Å². The number of hydrogen-bond donors (Lipinski definition) is 0. The highest BCUT2D eigenvalue weighted by molar-refractivity contribution is 5.80. The van der Waals surface area contributed by atoms with E-state index in [1.54, 1.807) is 12.1 Å². The van der Waals surface area contributed by atoms with Crippen LogP contribution in [0.2, 0.25) is 0 Å². The molecule has 0 aliphatic rings. The zero-order valence-electron chi connectivity index (χ0n) is 10.6. The fourth-order valence-electron chi connectivity index (χ4n) is 1.87. The average Bonchev–Trinajstić information content (AvgIpc) is 2.36. The highest BCUT2D eigenvalue weighted by atomic mass is 19.4. The molecule has 5 heteroatoms. The summed E-state index contributed by atoms with van der Waals surface area (Å²) in [7, 11) is 0. The highest BCUT2D eigenvalue weighted by Crippen LogP contribution is 2.29. The van der Waals surface area contributed by atoms with Gasteiger partial charge in [-0.2, -0.15) is 0 Å². The van der Waals surface area contributed by atoms with Crippen molar-refractivity contribution in [3.8, 4) is 16.9 Å². The maximum absolute atomic E-state index is 12.3. The summed E-state index contributed by atoms with van der Waals surface area (Å²) in [4.78, 5) is 10.8. The van der Waals surface area contributed by atoms with Gasteiger partial charge in [-0.05, 0) is 36.2 Å². The first-order valence-corrected chi connectivity index (χ1v) is 5.80. The largest absolute Gasteiger partial charge is 0.573 e. The molecule has 0 atom stereocenters. The number of hydrogen-bond acceptors (Lipinski definition) is 2.